The Hall–Kier alpha value is -4.13. The molecular weight excluding hydrogens is 505 g/mol. The van der Waals surface area contributed by atoms with E-state index in [4.69, 9.17) is 4.74 Å². The fourth-order valence-electron chi connectivity index (χ4n) is 5.16. The Morgan fingerprint density at radius 1 is 0.925 bits per heavy atom. The molecule has 1 N–H and O–H groups in total. The second kappa shape index (κ2) is 12.8. The summed E-state index contributed by atoms with van der Waals surface area (Å²) in [6, 6.07) is 22.1. The number of halogens is 1. The summed E-state index contributed by atoms with van der Waals surface area (Å²) >= 11 is 0. The summed E-state index contributed by atoms with van der Waals surface area (Å²) < 4.78 is 19.1. The fourth-order valence-corrected chi connectivity index (χ4v) is 5.16. The van der Waals surface area contributed by atoms with Gasteiger partial charge in [0.05, 0.1) is 6.61 Å². The molecule has 6 nitrogen and oxygen atoms in total. The van der Waals surface area contributed by atoms with Crippen LogP contribution in [-0.2, 0) is 29.1 Å². The number of nitrogens with one attached hydrogen (secondary N) is 1. The van der Waals surface area contributed by atoms with Crippen LogP contribution in [0.1, 0.15) is 42.9 Å². The maximum Gasteiger partial charge on any atom is 0.242 e. The number of hydrogen-bond acceptors (Lipinski definition) is 3. The molecule has 0 aliphatic heterocycles. The van der Waals surface area contributed by atoms with Gasteiger partial charge in [-0.25, -0.2) is 4.39 Å². The second-order valence-corrected chi connectivity index (χ2v) is 10.5. The molecule has 1 aromatic heterocycles. The lowest BCUT2D eigenvalue weighted by Gasteiger charge is -2.33. The SMILES string of the molecule is CCOc1ccc(CN(CCc2c[nH]c3ccccc23)C(=O)CN(Cc2ccc(F)cc2)C(=O)C2CCC2)cc1. The molecule has 208 valence electrons. The van der Waals surface area contributed by atoms with Gasteiger partial charge in [-0.15, -0.1) is 0 Å². The number of carbonyl (C=O) groups excluding carboxylic acids is 2. The van der Waals surface area contributed by atoms with Gasteiger partial charge in [-0.2, -0.15) is 0 Å². The summed E-state index contributed by atoms with van der Waals surface area (Å²) in [5, 5.41) is 1.15. The third kappa shape index (κ3) is 6.71. The Morgan fingerprint density at radius 3 is 2.27 bits per heavy atom. The number of amides is 2. The zero-order valence-electron chi connectivity index (χ0n) is 22.9. The van der Waals surface area contributed by atoms with E-state index in [1.54, 1.807) is 17.0 Å². The number of benzene rings is 3. The molecule has 3 aromatic carbocycles. The third-order valence-electron chi connectivity index (χ3n) is 7.67. The Kier molecular flexibility index (Phi) is 8.79. The largest absolute Gasteiger partial charge is 0.494 e. The van der Waals surface area contributed by atoms with Crippen molar-refractivity contribution in [1.29, 1.82) is 0 Å². The van der Waals surface area contributed by atoms with Gasteiger partial charge in [0.1, 0.15) is 18.1 Å². The summed E-state index contributed by atoms with van der Waals surface area (Å²) in [5.74, 6) is 0.319. The van der Waals surface area contributed by atoms with Crippen LogP contribution in [0.2, 0.25) is 0 Å². The number of H-pyrrole nitrogens is 1. The van der Waals surface area contributed by atoms with Crippen LogP contribution in [0.25, 0.3) is 10.9 Å². The molecule has 1 heterocycles. The highest BCUT2D eigenvalue weighted by Crippen LogP contribution is 2.29. The molecule has 1 saturated carbocycles. The monoisotopic (exact) mass is 541 g/mol. The Morgan fingerprint density at radius 2 is 1.60 bits per heavy atom. The first-order valence-corrected chi connectivity index (χ1v) is 14.1. The van der Waals surface area contributed by atoms with Gasteiger partial charge in [0.15, 0.2) is 0 Å². The first-order chi connectivity index (χ1) is 19.5. The molecule has 0 spiro atoms. The minimum Gasteiger partial charge on any atom is -0.494 e. The van der Waals surface area contributed by atoms with Crippen molar-refractivity contribution in [2.75, 3.05) is 19.7 Å². The molecule has 1 fully saturated rings. The van der Waals surface area contributed by atoms with Gasteiger partial charge in [-0.3, -0.25) is 9.59 Å². The molecule has 4 aromatic rings. The van der Waals surface area contributed by atoms with Crippen molar-refractivity contribution in [2.24, 2.45) is 5.92 Å². The summed E-state index contributed by atoms with van der Waals surface area (Å²) in [6.07, 6.45) is 5.42. The predicted octanol–water partition coefficient (Wildman–Crippen LogP) is 6.11. The minimum atomic E-state index is -0.324. The average Bonchev–Trinajstić information content (AvgIpc) is 3.35. The Balaban J connectivity index is 1.35. The molecular formula is C33H36FN3O3. The number of aromatic amines is 1. The predicted molar refractivity (Wildman–Crippen MR) is 154 cm³/mol. The van der Waals surface area contributed by atoms with Gasteiger partial charge in [-0.05, 0) is 73.2 Å². The van der Waals surface area contributed by atoms with E-state index in [1.165, 1.54) is 12.1 Å². The van der Waals surface area contributed by atoms with Crippen LogP contribution >= 0.6 is 0 Å². The van der Waals surface area contributed by atoms with E-state index in [-0.39, 0.29) is 36.6 Å². The molecule has 0 saturated heterocycles. The van der Waals surface area contributed by atoms with Crippen molar-refractivity contribution in [1.82, 2.24) is 14.8 Å². The normalized spacial score (nSPS) is 13.2. The number of rotatable bonds is 12. The number of nitrogens with zero attached hydrogens (tertiary/aromatic N) is 2. The summed E-state index contributed by atoms with van der Waals surface area (Å²) in [6.45, 7) is 3.74. The van der Waals surface area contributed by atoms with Crippen LogP contribution in [0.4, 0.5) is 4.39 Å². The first kappa shape index (κ1) is 27.4. The van der Waals surface area contributed by atoms with Crippen LogP contribution in [0.15, 0.2) is 79.0 Å². The highest BCUT2D eigenvalue weighted by Gasteiger charge is 2.31. The maximum absolute atomic E-state index is 13.9. The van der Waals surface area contributed by atoms with Crippen molar-refractivity contribution < 1.29 is 18.7 Å². The van der Waals surface area contributed by atoms with Gasteiger partial charge in [0.25, 0.3) is 0 Å². The third-order valence-corrected chi connectivity index (χ3v) is 7.67. The van der Waals surface area contributed by atoms with Crippen LogP contribution in [0.5, 0.6) is 5.75 Å². The smallest absolute Gasteiger partial charge is 0.242 e. The van der Waals surface area contributed by atoms with Gasteiger partial charge in [0.2, 0.25) is 11.8 Å². The lowest BCUT2D eigenvalue weighted by Crippen LogP contribution is -2.46. The molecule has 7 heteroatoms. The molecule has 0 bridgehead atoms. The van der Waals surface area contributed by atoms with E-state index in [9.17, 15) is 14.0 Å². The highest BCUT2D eigenvalue weighted by atomic mass is 19.1. The number of hydrogen-bond donors (Lipinski definition) is 1. The molecule has 0 atom stereocenters. The molecule has 40 heavy (non-hydrogen) atoms. The van der Waals surface area contributed by atoms with Gasteiger partial charge in [-0.1, -0.05) is 48.9 Å². The lowest BCUT2D eigenvalue weighted by molar-refractivity contribution is -0.145. The van der Waals surface area contributed by atoms with E-state index in [0.29, 0.717) is 26.1 Å². The highest BCUT2D eigenvalue weighted by molar-refractivity contribution is 5.86. The summed E-state index contributed by atoms with van der Waals surface area (Å²) in [5.41, 5.74) is 4.01. The molecule has 5 rings (SSSR count). The van der Waals surface area contributed by atoms with E-state index < -0.39 is 0 Å². The standard InChI is InChI=1S/C33H36FN3O3/c1-2-40-29-16-12-25(13-17-29)21-36(19-18-27-20-35-31-9-4-3-8-30(27)31)32(38)23-37(33(39)26-6-5-7-26)22-24-10-14-28(34)15-11-24/h3-4,8-17,20,26,35H,2,5-7,18-19,21-23H2,1H3. The molecule has 0 radical (unpaired) electrons. The molecule has 1 aliphatic rings. The summed E-state index contributed by atoms with van der Waals surface area (Å²) in [7, 11) is 0. The van der Waals surface area contributed by atoms with Crippen molar-refractivity contribution >= 4 is 22.7 Å². The number of aromatic nitrogens is 1. The van der Waals surface area contributed by atoms with Crippen molar-refractivity contribution in [3.8, 4) is 5.75 Å². The lowest BCUT2D eigenvalue weighted by atomic mass is 9.84. The van der Waals surface area contributed by atoms with Crippen LogP contribution in [0, 0.1) is 11.7 Å². The van der Waals surface area contributed by atoms with Crippen molar-refractivity contribution in [2.45, 2.75) is 45.7 Å². The summed E-state index contributed by atoms with van der Waals surface area (Å²) in [4.78, 5) is 34.0. The maximum atomic E-state index is 13.9. The van der Waals surface area contributed by atoms with E-state index in [2.05, 4.69) is 11.1 Å². The van der Waals surface area contributed by atoms with E-state index >= 15 is 0 Å². The van der Waals surface area contributed by atoms with E-state index in [1.807, 2.05) is 60.5 Å². The van der Waals surface area contributed by atoms with Crippen molar-refractivity contribution in [3.63, 3.8) is 0 Å². The van der Waals surface area contributed by atoms with Crippen LogP contribution in [0.3, 0.4) is 0 Å². The second-order valence-electron chi connectivity index (χ2n) is 10.5. The number of para-hydroxylation sites is 1. The topological polar surface area (TPSA) is 65.6 Å². The van der Waals surface area contributed by atoms with Crippen LogP contribution in [-0.4, -0.2) is 46.3 Å². The van der Waals surface area contributed by atoms with Gasteiger partial charge in [0, 0.05) is 42.7 Å². The first-order valence-electron chi connectivity index (χ1n) is 14.1. The molecule has 1 aliphatic carbocycles. The van der Waals surface area contributed by atoms with E-state index in [0.717, 1.165) is 52.6 Å². The van der Waals surface area contributed by atoms with Crippen molar-refractivity contribution in [3.05, 3.63) is 102 Å². The molecule has 2 amide bonds. The van der Waals surface area contributed by atoms with Gasteiger partial charge >= 0.3 is 0 Å². The number of fused-ring (bicyclic) bond motifs is 1. The Labute approximate surface area is 234 Å². The average molecular weight is 542 g/mol. The van der Waals surface area contributed by atoms with Gasteiger partial charge < -0.3 is 19.5 Å². The number of carbonyl (C=O) groups is 2. The zero-order valence-corrected chi connectivity index (χ0v) is 22.9. The van der Waals surface area contributed by atoms with Crippen LogP contribution < -0.4 is 4.74 Å². The molecule has 0 unspecified atom stereocenters. The number of ether oxygens (including phenoxy) is 1. The quantitative estimate of drug-likeness (QED) is 0.236. The minimum absolute atomic E-state index is 0.00145. The Bertz CT molecular complexity index is 1430. The zero-order chi connectivity index (χ0) is 27.9. The fraction of sp³-hybridized carbons (Fsp3) is 0.333.